The Morgan fingerprint density at radius 1 is 0.889 bits per heavy atom. The summed E-state index contributed by atoms with van der Waals surface area (Å²) in [7, 11) is 1.54. The van der Waals surface area contributed by atoms with E-state index in [9.17, 15) is 14.0 Å². The number of carbonyl (C=O) groups excluding carboxylic acids is 2. The highest BCUT2D eigenvalue weighted by molar-refractivity contribution is 6.08. The molecule has 0 atom stereocenters. The Bertz CT molecular complexity index is 974. The number of rotatable bonds is 5. The van der Waals surface area contributed by atoms with E-state index in [1.54, 1.807) is 24.3 Å². The number of ether oxygens (including phenoxy) is 1. The summed E-state index contributed by atoms with van der Waals surface area (Å²) in [6.07, 6.45) is 2.71. The molecule has 0 saturated heterocycles. The van der Waals surface area contributed by atoms with E-state index < -0.39 is 17.6 Å². The van der Waals surface area contributed by atoms with E-state index in [0.29, 0.717) is 17.1 Å². The molecular formula is C20H16FN3O3. The summed E-state index contributed by atoms with van der Waals surface area (Å²) in [5.74, 6) is -0.651. The molecule has 0 spiro atoms. The molecule has 0 unspecified atom stereocenters. The van der Waals surface area contributed by atoms with Crippen molar-refractivity contribution in [3.8, 4) is 5.75 Å². The molecule has 0 bridgehead atoms. The molecule has 0 aliphatic rings. The van der Waals surface area contributed by atoms with E-state index in [0.717, 1.165) is 0 Å². The summed E-state index contributed by atoms with van der Waals surface area (Å²) in [5.41, 5.74) is 1.43. The number of aromatic nitrogens is 1. The molecule has 2 N–H and O–H groups in total. The van der Waals surface area contributed by atoms with Crippen LogP contribution in [0.25, 0.3) is 0 Å². The molecule has 0 saturated carbocycles. The lowest BCUT2D eigenvalue weighted by atomic mass is 10.1. The largest absolute Gasteiger partial charge is 0.497 e. The van der Waals surface area contributed by atoms with Gasteiger partial charge in [0.2, 0.25) is 0 Å². The average Bonchev–Trinajstić information content (AvgIpc) is 2.70. The maximum absolute atomic E-state index is 12.9. The zero-order valence-corrected chi connectivity index (χ0v) is 14.4. The molecule has 6 nitrogen and oxygen atoms in total. The van der Waals surface area contributed by atoms with Crippen LogP contribution in [0.15, 0.2) is 67.0 Å². The lowest BCUT2D eigenvalue weighted by Crippen LogP contribution is -2.16. The Morgan fingerprint density at radius 3 is 2.15 bits per heavy atom. The Morgan fingerprint density at radius 2 is 1.52 bits per heavy atom. The van der Waals surface area contributed by atoms with Crippen molar-refractivity contribution in [1.29, 1.82) is 0 Å². The second-order valence-corrected chi connectivity index (χ2v) is 5.61. The number of hydrogen-bond acceptors (Lipinski definition) is 4. The third-order valence-corrected chi connectivity index (χ3v) is 3.69. The second kappa shape index (κ2) is 8.09. The molecule has 27 heavy (non-hydrogen) atoms. The fourth-order valence-corrected chi connectivity index (χ4v) is 2.33. The molecular weight excluding hydrogens is 349 g/mol. The molecule has 3 rings (SSSR count). The molecule has 0 aliphatic carbocycles. The standard InChI is InChI=1S/C20H16FN3O3/c1-27-18-4-2-3-17(10-18)24-20(26)14-9-13(11-22-12-14)19(25)23-16-7-5-15(21)6-8-16/h2-12H,1H3,(H,23,25)(H,24,26). The van der Waals surface area contributed by atoms with Crippen molar-refractivity contribution in [3.63, 3.8) is 0 Å². The molecule has 136 valence electrons. The molecule has 2 aromatic carbocycles. The van der Waals surface area contributed by atoms with Gasteiger partial charge in [0.05, 0.1) is 18.2 Å². The van der Waals surface area contributed by atoms with Crippen LogP contribution in [0.4, 0.5) is 15.8 Å². The maximum atomic E-state index is 12.9. The van der Waals surface area contributed by atoms with Gasteiger partial charge in [-0.05, 0) is 42.5 Å². The maximum Gasteiger partial charge on any atom is 0.257 e. The quantitative estimate of drug-likeness (QED) is 0.722. The first-order valence-electron chi connectivity index (χ1n) is 8.02. The molecule has 0 radical (unpaired) electrons. The monoisotopic (exact) mass is 365 g/mol. The lowest BCUT2D eigenvalue weighted by molar-refractivity contribution is 0.102. The minimum Gasteiger partial charge on any atom is -0.497 e. The van der Waals surface area contributed by atoms with E-state index in [2.05, 4.69) is 15.6 Å². The van der Waals surface area contributed by atoms with Crippen molar-refractivity contribution in [1.82, 2.24) is 4.98 Å². The highest BCUT2D eigenvalue weighted by atomic mass is 19.1. The fourth-order valence-electron chi connectivity index (χ4n) is 2.33. The zero-order chi connectivity index (χ0) is 19.2. The summed E-state index contributed by atoms with van der Waals surface area (Å²) in [5, 5.41) is 5.35. The molecule has 3 aromatic rings. The van der Waals surface area contributed by atoms with Gasteiger partial charge >= 0.3 is 0 Å². The molecule has 7 heteroatoms. The molecule has 0 aliphatic heterocycles. The van der Waals surface area contributed by atoms with Crippen LogP contribution in [0, 0.1) is 5.82 Å². The number of halogens is 1. The van der Waals surface area contributed by atoms with Gasteiger partial charge in [0.1, 0.15) is 11.6 Å². The van der Waals surface area contributed by atoms with Gasteiger partial charge in [0.15, 0.2) is 0 Å². The third-order valence-electron chi connectivity index (χ3n) is 3.69. The summed E-state index contributed by atoms with van der Waals surface area (Å²) in [6, 6.07) is 13.7. The van der Waals surface area contributed by atoms with Crippen LogP contribution in [0.2, 0.25) is 0 Å². The number of methoxy groups -OCH3 is 1. The average molecular weight is 365 g/mol. The number of carbonyl (C=O) groups is 2. The van der Waals surface area contributed by atoms with Crippen molar-refractivity contribution in [3.05, 3.63) is 83.9 Å². The molecule has 2 amide bonds. The van der Waals surface area contributed by atoms with Crippen molar-refractivity contribution in [2.45, 2.75) is 0 Å². The van der Waals surface area contributed by atoms with Gasteiger partial charge < -0.3 is 15.4 Å². The van der Waals surface area contributed by atoms with E-state index >= 15 is 0 Å². The fraction of sp³-hybridized carbons (Fsp3) is 0.0500. The number of nitrogens with one attached hydrogen (secondary N) is 2. The number of benzene rings is 2. The Kier molecular flexibility index (Phi) is 5.41. The predicted octanol–water partition coefficient (Wildman–Crippen LogP) is 3.73. The van der Waals surface area contributed by atoms with Gasteiger partial charge in [0, 0.05) is 29.8 Å². The Hall–Kier alpha value is -3.74. The molecule has 1 heterocycles. The lowest BCUT2D eigenvalue weighted by Gasteiger charge is -2.08. The van der Waals surface area contributed by atoms with Gasteiger partial charge in [-0.2, -0.15) is 0 Å². The van der Waals surface area contributed by atoms with Gasteiger partial charge in [-0.1, -0.05) is 6.07 Å². The predicted molar refractivity (Wildman–Crippen MR) is 99.5 cm³/mol. The number of nitrogens with zero attached hydrogens (tertiary/aromatic N) is 1. The van der Waals surface area contributed by atoms with E-state index in [4.69, 9.17) is 4.74 Å². The van der Waals surface area contributed by atoms with Crippen LogP contribution >= 0.6 is 0 Å². The van der Waals surface area contributed by atoms with Crippen molar-refractivity contribution < 1.29 is 18.7 Å². The smallest absolute Gasteiger partial charge is 0.257 e. The van der Waals surface area contributed by atoms with Gasteiger partial charge in [-0.25, -0.2) is 4.39 Å². The van der Waals surface area contributed by atoms with Crippen LogP contribution in [0.5, 0.6) is 5.75 Å². The van der Waals surface area contributed by atoms with E-state index in [1.165, 1.54) is 49.8 Å². The van der Waals surface area contributed by atoms with E-state index in [-0.39, 0.29) is 11.1 Å². The van der Waals surface area contributed by atoms with E-state index in [1.807, 2.05) is 0 Å². The Labute approximate surface area is 155 Å². The second-order valence-electron chi connectivity index (χ2n) is 5.61. The first kappa shape index (κ1) is 18.1. The first-order chi connectivity index (χ1) is 13.0. The van der Waals surface area contributed by atoms with Crippen molar-refractivity contribution >= 4 is 23.2 Å². The number of pyridine rings is 1. The molecule has 1 aromatic heterocycles. The topological polar surface area (TPSA) is 80.3 Å². The molecule has 0 fully saturated rings. The third kappa shape index (κ3) is 4.66. The summed E-state index contributed by atoms with van der Waals surface area (Å²) < 4.78 is 18.1. The number of anilines is 2. The number of amides is 2. The SMILES string of the molecule is COc1cccc(NC(=O)c2cncc(C(=O)Nc3ccc(F)cc3)c2)c1. The van der Waals surface area contributed by atoms with Gasteiger partial charge in [0.25, 0.3) is 11.8 Å². The minimum absolute atomic E-state index is 0.206. The van der Waals surface area contributed by atoms with Crippen LogP contribution < -0.4 is 15.4 Å². The summed E-state index contributed by atoms with van der Waals surface area (Å²) in [4.78, 5) is 28.7. The summed E-state index contributed by atoms with van der Waals surface area (Å²) >= 11 is 0. The van der Waals surface area contributed by atoms with Gasteiger partial charge in [-0.3, -0.25) is 14.6 Å². The zero-order valence-electron chi connectivity index (χ0n) is 14.4. The van der Waals surface area contributed by atoms with Crippen molar-refractivity contribution in [2.24, 2.45) is 0 Å². The number of hydrogen-bond donors (Lipinski definition) is 2. The van der Waals surface area contributed by atoms with Crippen molar-refractivity contribution in [2.75, 3.05) is 17.7 Å². The Balaban J connectivity index is 1.73. The minimum atomic E-state index is -0.454. The van der Waals surface area contributed by atoms with Crippen LogP contribution in [-0.4, -0.2) is 23.9 Å². The summed E-state index contributed by atoms with van der Waals surface area (Å²) in [6.45, 7) is 0. The highest BCUT2D eigenvalue weighted by Crippen LogP contribution is 2.18. The van der Waals surface area contributed by atoms with Crippen LogP contribution in [0.3, 0.4) is 0 Å². The van der Waals surface area contributed by atoms with Crippen LogP contribution in [-0.2, 0) is 0 Å². The first-order valence-corrected chi connectivity index (χ1v) is 8.02. The van der Waals surface area contributed by atoms with Crippen LogP contribution in [0.1, 0.15) is 20.7 Å². The normalized spacial score (nSPS) is 10.1. The highest BCUT2D eigenvalue weighted by Gasteiger charge is 2.12. The van der Waals surface area contributed by atoms with Gasteiger partial charge in [-0.15, -0.1) is 0 Å².